The highest BCUT2D eigenvalue weighted by Gasteiger charge is 2.41. The number of aliphatic carboxylic acids is 3. The van der Waals surface area contributed by atoms with Crippen molar-refractivity contribution in [3.8, 4) is 5.75 Å². The molecular formula is C68H111F6N15O19. The number of phenolic OH excluding ortho intramolecular Hbond substituents is 1. The van der Waals surface area contributed by atoms with Crippen LogP contribution in [0.2, 0.25) is 0 Å². The Labute approximate surface area is 622 Å². The first-order chi connectivity index (χ1) is 49.9. The number of alkyl halides is 6. The summed E-state index contributed by atoms with van der Waals surface area (Å²) in [5.41, 5.74) is 18.9. The quantitative estimate of drug-likeness (QED) is 0.0762. The molecule has 1 aromatic carbocycles. The topological polar surface area (TPSA) is 551 Å². The lowest BCUT2D eigenvalue weighted by molar-refractivity contribution is -0.193. The summed E-state index contributed by atoms with van der Waals surface area (Å²) in [6, 6.07) is -9.18. The van der Waals surface area contributed by atoms with E-state index < -0.39 is 204 Å². The van der Waals surface area contributed by atoms with Gasteiger partial charge in [-0.1, -0.05) is 81.4 Å². The van der Waals surface area contributed by atoms with Gasteiger partial charge in [-0.2, -0.15) is 26.3 Å². The number of nitrogens with one attached hydrogen (secondary N) is 11. The largest absolute Gasteiger partial charge is 0.508 e. The summed E-state index contributed by atoms with van der Waals surface area (Å²) in [6.45, 7) is 20.2. The first-order valence-corrected chi connectivity index (χ1v) is 35.2. The number of hydrogen-bond acceptors (Lipinski definition) is 19. The van der Waals surface area contributed by atoms with Gasteiger partial charge in [-0.15, -0.1) is 0 Å². The number of benzene rings is 1. The zero-order valence-electron chi connectivity index (χ0n) is 63.1. The van der Waals surface area contributed by atoms with Gasteiger partial charge in [-0.25, -0.2) is 9.59 Å². The van der Waals surface area contributed by atoms with Crippen molar-refractivity contribution >= 4 is 88.8 Å². The van der Waals surface area contributed by atoms with E-state index >= 15 is 0 Å². The van der Waals surface area contributed by atoms with Crippen LogP contribution >= 0.6 is 0 Å². The molecule has 34 nitrogen and oxygen atoms in total. The number of likely N-dealkylation sites (N-methyl/N-ethyl adjacent to an activating group) is 1. The van der Waals surface area contributed by atoms with Gasteiger partial charge in [0, 0.05) is 33.0 Å². The molecule has 12 atom stereocenters. The van der Waals surface area contributed by atoms with Crippen molar-refractivity contribution in [1.29, 1.82) is 0 Å². The molecule has 0 spiro atoms. The highest BCUT2D eigenvalue weighted by molar-refractivity contribution is 5.99. The molecule has 21 N–H and O–H groups in total. The Bertz CT molecular complexity index is 3140. The van der Waals surface area contributed by atoms with Gasteiger partial charge in [0.15, 0.2) is 0 Å². The normalized spacial score (nSPS) is 24.5. The maximum Gasteiger partial charge on any atom is 0.490 e. The number of carbonyl (C=O) groups is 15. The fraction of sp³-hybridized carbons (Fsp3) is 0.691. The Morgan fingerprint density at radius 2 is 0.843 bits per heavy atom. The minimum atomic E-state index is -5.08. The zero-order valence-corrected chi connectivity index (χ0v) is 63.1. The standard InChI is InChI=1S/C64H109N15O15.2C2HF3O2/c1-33(2)30-46-61(91)74-48(32-40-21-23-41(80)24-22-40)58(88)69-29-17-19-43(67)56(86)78-52(37(9)10)64(94)79(13)39(12)54(84)76-50(35(5)6)63(93)75-47(31-34(3)4)60(90)71-44(20-14-15-27-65)57(87)68-28-16-18-42(66)55(85)77-51(36(7)8)62(92)72-45(25-26-49(81)82)59(89)70-38(11)53(83)73-46;2*3-2(4,5)1(6)7/h21-24,33-39,42-48,50-52,80H,14-20,25-32,65-67H2,1-13H3,(H,68,87)(H,69,88)(H,70,89)(H,71,90)(H,72,92)(H,73,83)(H,74,91)(H,75,93)(H,76,84)(H,77,85)(H,78,86)(H,81,82);2*(H,6,7)/t38-,39-,42-,43-,44-,45-,46-,47-,48-,50-,51-,52-;;/m0../s1. The summed E-state index contributed by atoms with van der Waals surface area (Å²) in [5.74, 6) is -17.8. The Kier molecular flexibility index (Phi) is 43.8. The van der Waals surface area contributed by atoms with Crippen LogP contribution in [-0.2, 0) is 78.3 Å². The van der Waals surface area contributed by atoms with Crippen LogP contribution in [0.4, 0.5) is 26.3 Å². The molecule has 0 aromatic heterocycles. The Balaban J connectivity index is 0.00000739. The molecule has 0 saturated carbocycles. The summed E-state index contributed by atoms with van der Waals surface area (Å²) in [6.07, 6.45) is -9.70. The molecule has 1 saturated heterocycles. The van der Waals surface area contributed by atoms with Gasteiger partial charge in [-0.05, 0) is 132 Å². The number of rotatable bonds is 16. The number of amides is 12. The number of halogens is 6. The first-order valence-electron chi connectivity index (χ1n) is 35.2. The van der Waals surface area contributed by atoms with Crippen molar-refractivity contribution < 1.29 is 119 Å². The smallest absolute Gasteiger partial charge is 0.490 e. The number of aromatic hydroxyl groups is 1. The van der Waals surface area contributed by atoms with E-state index in [-0.39, 0.29) is 82.0 Å². The van der Waals surface area contributed by atoms with Crippen LogP contribution in [0.5, 0.6) is 5.75 Å². The van der Waals surface area contributed by atoms with Crippen molar-refractivity contribution in [2.75, 3.05) is 26.7 Å². The minimum Gasteiger partial charge on any atom is -0.508 e. The van der Waals surface area contributed by atoms with Gasteiger partial charge < -0.3 is 101 Å². The highest BCUT2D eigenvalue weighted by Crippen LogP contribution is 2.18. The van der Waals surface area contributed by atoms with Gasteiger partial charge in [-0.3, -0.25) is 62.3 Å². The molecule has 12 amide bonds. The third-order valence-electron chi connectivity index (χ3n) is 16.5. The van der Waals surface area contributed by atoms with Crippen molar-refractivity contribution in [2.45, 2.75) is 245 Å². The van der Waals surface area contributed by atoms with E-state index in [0.717, 1.165) is 4.90 Å². The van der Waals surface area contributed by atoms with Crippen LogP contribution in [0.1, 0.15) is 159 Å². The summed E-state index contributed by atoms with van der Waals surface area (Å²) in [5, 5.41) is 63.2. The molecule has 1 aromatic rings. The second kappa shape index (κ2) is 48.0. The lowest BCUT2D eigenvalue weighted by Gasteiger charge is -2.32. The molecule has 2 rings (SSSR count). The fourth-order valence-corrected chi connectivity index (χ4v) is 10.1. The first kappa shape index (κ1) is 98.5. The molecule has 1 aliphatic rings. The number of nitrogens with zero attached hydrogens (tertiary/aromatic N) is 1. The maximum absolute atomic E-state index is 14.2. The molecule has 0 aliphatic carbocycles. The Morgan fingerprint density at radius 1 is 0.481 bits per heavy atom. The van der Waals surface area contributed by atoms with E-state index in [0.29, 0.717) is 24.9 Å². The third-order valence-corrected chi connectivity index (χ3v) is 16.5. The van der Waals surface area contributed by atoms with Crippen LogP contribution in [0.25, 0.3) is 0 Å². The number of nitrogens with two attached hydrogens (primary N) is 3. The number of hydrogen-bond donors (Lipinski definition) is 18. The van der Waals surface area contributed by atoms with Crippen molar-refractivity contribution in [1.82, 2.24) is 63.4 Å². The fourth-order valence-electron chi connectivity index (χ4n) is 10.1. The van der Waals surface area contributed by atoms with Crippen LogP contribution in [-0.4, -0.2) is 226 Å². The van der Waals surface area contributed by atoms with E-state index in [4.69, 9.17) is 37.0 Å². The van der Waals surface area contributed by atoms with Crippen molar-refractivity contribution in [3.05, 3.63) is 29.8 Å². The van der Waals surface area contributed by atoms with E-state index in [1.54, 1.807) is 67.5 Å². The Hall–Kier alpha value is -9.47. The van der Waals surface area contributed by atoms with Gasteiger partial charge in [0.05, 0.1) is 12.1 Å². The lowest BCUT2D eigenvalue weighted by atomic mass is 9.98. The average Bonchev–Trinajstić information content (AvgIpc) is 0.876. The number of carbonyl (C=O) groups excluding carboxylic acids is 12. The number of carboxylic acids is 3. The SMILES string of the molecule is CC(C)C[C@@H]1NC(=O)[C@H](C)NC(=O)[C@H](CCC(=O)O)NC(=O)[C@H](C(C)C)NC(=O)[C@@H](N)CCCNC(=O)[C@H](CCCCN)NC(=O)[C@H](CC(C)C)NC(=O)[C@H](C(C)C)NC(=O)[C@H](C)N(C)C(=O)[C@H](C(C)C)NC(=O)[C@@H](N)CCCNC(=O)[C@H](Cc2ccc(O)cc2)NC1=O.O=C(O)C(F)(F)F.O=C(O)C(F)(F)F. The summed E-state index contributed by atoms with van der Waals surface area (Å²) in [4.78, 5) is 198. The predicted octanol–water partition coefficient (Wildman–Crippen LogP) is -0.0537. The van der Waals surface area contributed by atoms with E-state index in [9.17, 15) is 98.9 Å². The summed E-state index contributed by atoms with van der Waals surface area (Å²) < 4.78 is 63.5. The molecule has 1 fully saturated rings. The van der Waals surface area contributed by atoms with E-state index in [1.165, 1.54) is 33.0 Å². The van der Waals surface area contributed by atoms with E-state index in [1.807, 2.05) is 13.8 Å². The second-order valence-corrected chi connectivity index (χ2v) is 27.9. The van der Waals surface area contributed by atoms with E-state index in [2.05, 4.69) is 58.5 Å². The number of unbranched alkanes of at least 4 members (excludes halogenated alkanes) is 1. The molecule has 0 radical (unpaired) electrons. The number of phenols is 1. The Morgan fingerprint density at radius 3 is 1.24 bits per heavy atom. The summed E-state index contributed by atoms with van der Waals surface area (Å²) in [7, 11) is 1.37. The maximum atomic E-state index is 14.2. The summed E-state index contributed by atoms with van der Waals surface area (Å²) >= 11 is 0. The molecule has 40 heteroatoms. The monoisotopic (exact) mass is 1560 g/mol. The van der Waals surface area contributed by atoms with Crippen LogP contribution in [0.3, 0.4) is 0 Å². The predicted molar refractivity (Wildman–Crippen MR) is 378 cm³/mol. The van der Waals surface area contributed by atoms with Crippen molar-refractivity contribution in [2.24, 2.45) is 46.8 Å². The van der Waals surface area contributed by atoms with Crippen LogP contribution in [0, 0.1) is 29.6 Å². The van der Waals surface area contributed by atoms with Gasteiger partial charge >= 0.3 is 30.3 Å². The molecule has 108 heavy (non-hydrogen) atoms. The molecule has 0 unspecified atom stereocenters. The van der Waals surface area contributed by atoms with Crippen LogP contribution in [0.15, 0.2) is 24.3 Å². The third kappa shape index (κ3) is 37.9. The lowest BCUT2D eigenvalue weighted by Crippen LogP contribution is -2.60. The van der Waals surface area contributed by atoms with Gasteiger partial charge in [0.25, 0.3) is 0 Å². The second-order valence-electron chi connectivity index (χ2n) is 27.9. The van der Waals surface area contributed by atoms with Crippen molar-refractivity contribution in [3.63, 3.8) is 0 Å². The van der Waals surface area contributed by atoms with Crippen LogP contribution < -0.4 is 75.7 Å². The molecular weight excluding hydrogens is 1440 g/mol. The zero-order chi connectivity index (χ0) is 83.4. The number of carboxylic acid groups (broad SMARTS) is 3. The highest BCUT2D eigenvalue weighted by atomic mass is 19.4. The molecule has 614 valence electrons. The molecule has 1 heterocycles. The average molecular weight is 1560 g/mol. The molecule has 0 bridgehead atoms. The minimum absolute atomic E-state index is 0.00494. The van der Waals surface area contributed by atoms with Gasteiger partial charge in [0.1, 0.15) is 66.2 Å². The molecule has 1 aliphatic heterocycles. The van der Waals surface area contributed by atoms with Gasteiger partial charge in [0.2, 0.25) is 70.9 Å².